The summed E-state index contributed by atoms with van der Waals surface area (Å²) in [6, 6.07) is 29.5. The Morgan fingerprint density at radius 1 is 0.824 bits per heavy atom. The second-order valence-corrected chi connectivity index (χ2v) is 9.77. The van der Waals surface area contributed by atoms with Crippen LogP contribution in [0.4, 0.5) is 11.4 Å². The zero-order chi connectivity index (χ0) is 22.2. The summed E-state index contributed by atoms with van der Waals surface area (Å²) in [7, 11) is 0. The number of aromatic nitrogens is 1. The molecule has 0 spiro atoms. The number of nitrogens with zero attached hydrogens (tertiary/aromatic N) is 1. The van der Waals surface area contributed by atoms with E-state index in [1.165, 1.54) is 60.3 Å². The van der Waals surface area contributed by atoms with E-state index in [0.717, 1.165) is 12.8 Å². The summed E-state index contributed by atoms with van der Waals surface area (Å²) in [6.45, 7) is 0. The average molecular weight is 437 g/mol. The van der Waals surface area contributed by atoms with Gasteiger partial charge in [0.05, 0.1) is 11.7 Å². The summed E-state index contributed by atoms with van der Waals surface area (Å²) in [5, 5.41) is 6.53. The molecule has 1 N–H and O–H groups in total. The molecule has 2 heterocycles. The number of aromatic amines is 1. The molecule has 0 saturated heterocycles. The zero-order valence-corrected chi connectivity index (χ0v) is 18.8. The van der Waals surface area contributed by atoms with Crippen LogP contribution in [0.1, 0.15) is 29.0 Å². The summed E-state index contributed by atoms with van der Waals surface area (Å²) < 4.78 is 0. The first-order valence-electron chi connectivity index (χ1n) is 12.3. The van der Waals surface area contributed by atoms with Gasteiger partial charge in [-0.05, 0) is 59.2 Å². The van der Waals surface area contributed by atoms with Crippen molar-refractivity contribution in [2.75, 3.05) is 4.90 Å². The van der Waals surface area contributed by atoms with Crippen LogP contribution in [0.2, 0.25) is 0 Å². The topological polar surface area (TPSA) is 19.0 Å². The molecule has 0 bridgehead atoms. The third kappa shape index (κ3) is 2.46. The fourth-order valence-corrected chi connectivity index (χ4v) is 6.39. The van der Waals surface area contributed by atoms with E-state index < -0.39 is 0 Å². The van der Waals surface area contributed by atoms with Crippen molar-refractivity contribution in [3.63, 3.8) is 0 Å². The van der Waals surface area contributed by atoms with Crippen LogP contribution in [-0.4, -0.2) is 11.0 Å². The number of H-pyrrole nitrogens is 1. The van der Waals surface area contributed by atoms with E-state index in [2.05, 4.69) is 113 Å². The van der Waals surface area contributed by atoms with Gasteiger partial charge in [0.2, 0.25) is 0 Å². The van der Waals surface area contributed by atoms with Gasteiger partial charge in [-0.25, -0.2) is 0 Å². The molecule has 1 aromatic heterocycles. The number of fused-ring (bicyclic) bond motifs is 9. The van der Waals surface area contributed by atoms with Gasteiger partial charge >= 0.3 is 0 Å². The van der Waals surface area contributed by atoms with Crippen molar-refractivity contribution >= 4 is 51.3 Å². The SMILES string of the molecule is C1=Cc2ccc(N3c4c(ccc5ccccc45)C4C=c5c([nH]c6ccccc56)=CC43)cc2CC1. The Bertz CT molecular complexity index is 1790. The molecule has 4 aromatic carbocycles. The summed E-state index contributed by atoms with van der Waals surface area (Å²) in [5.41, 5.74) is 8.11. The van der Waals surface area contributed by atoms with E-state index in [-0.39, 0.29) is 6.04 Å². The van der Waals surface area contributed by atoms with Crippen LogP contribution in [0, 0.1) is 0 Å². The summed E-state index contributed by atoms with van der Waals surface area (Å²) in [6.07, 6.45) is 11.8. The minimum absolute atomic E-state index is 0.249. The molecule has 8 rings (SSSR count). The number of hydrogen-bond acceptors (Lipinski definition) is 1. The fourth-order valence-electron chi connectivity index (χ4n) is 6.39. The van der Waals surface area contributed by atoms with Crippen LogP contribution in [0.3, 0.4) is 0 Å². The molecule has 34 heavy (non-hydrogen) atoms. The van der Waals surface area contributed by atoms with Gasteiger partial charge < -0.3 is 9.88 Å². The molecule has 0 amide bonds. The van der Waals surface area contributed by atoms with Crippen LogP contribution < -0.4 is 15.5 Å². The number of para-hydroxylation sites is 1. The highest BCUT2D eigenvalue weighted by atomic mass is 15.2. The van der Waals surface area contributed by atoms with Gasteiger partial charge in [0.1, 0.15) is 0 Å². The Morgan fingerprint density at radius 3 is 2.68 bits per heavy atom. The van der Waals surface area contributed by atoms with Crippen molar-refractivity contribution in [3.8, 4) is 0 Å². The normalized spacial score (nSPS) is 19.8. The average Bonchev–Trinajstić information content (AvgIpc) is 3.42. The van der Waals surface area contributed by atoms with Crippen LogP contribution in [-0.2, 0) is 6.42 Å². The number of allylic oxidation sites excluding steroid dienone is 1. The van der Waals surface area contributed by atoms with Crippen molar-refractivity contribution in [2.24, 2.45) is 0 Å². The van der Waals surface area contributed by atoms with E-state index >= 15 is 0 Å². The largest absolute Gasteiger partial charge is 0.355 e. The maximum Gasteiger partial charge on any atom is 0.0650 e. The predicted molar refractivity (Wildman–Crippen MR) is 143 cm³/mol. The Hall–Kier alpha value is -4.04. The van der Waals surface area contributed by atoms with E-state index in [1.54, 1.807) is 0 Å². The molecule has 2 heteroatoms. The van der Waals surface area contributed by atoms with Gasteiger partial charge in [0, 0.05) is 38.5 Å². The lowest BCUT2D eigenvalue weighted by atomic mass is 9.89. The lowest BCUT2D eigenvalue weighted by Crippen LogP contribution is -2.38. The van der Waals surface area contributed by atoms with Crippen LogP contribution in [0.15, 0.2) is 84.9 Å². The Labute approximate surface area is 198 Å². The van der Waals surface area contributed by atoms with Gasteiger partial charge in [-0.3, -0.25) is 0 Å². The smallest absolute Gasteiger partial charge is 0.0650 e. The lowest BCUT2D eigenvalue weighted by molar-refractivity contribution is 0.800. The first-order valence-corrected chi connectivity index (χ1v) is 12.3. The van der Waals surface area contributed by atoms with Crippen molar-refractivity contribution in [1.82, 2.24) is 4.98 Å². The first kappa shape index (κ1) is 18.4. The highest BCUT2D eigenvalue weighted by Gasteiger charge is 2.39. The number of hydrogen-bond donors (Lipinski definition) is 1. The Kier molecular flexibility index (Phi) is 3.65. The van der Waals surface area contributed by atoms with Crippen molar-refractivity contribution in [2.45, 2.75) is 24.8 Å². The number of nitrogens with one attached hydrogen (secondary N) is 1. The molecule has 2 nitrogen and oxygen atoms in total. The molecule has 3 aliphatic rings. The van der Waals surface area contributed by atoms with Crippen molar-refractivity contribution < 1.29 is 0 Å². The maximum absolute atomic E-state index is 3.69. The van der Waals surface area contributed by atoms with Crippen LogP contribution in [0.25, 0.3) is 39.9 Å². The molecule has 2 atom stereocenters. The summed E-state index contributed by atoms with van der Waals surface area (Å²) >= 11 is 0. The molecule has 2 unspecified atom stereocenters. The number of anilines is 2. The number of rotatable bonds is 1. The van der Waals surface area contributed by atoms with Gasteiger partial charge in [-0.2, -0.15) is 0 Å². The van der Waals surface area contributed by atoms with E-state index in [1.807, 2.05) is 0 Å². The van der Waals surface area contributed by atoms with E-state index in [9.17, 15) is 0 Å². The third-order valence-electron chi connectivity index (χ3n) is 7.94. The Morgan fingerprint density at radius 2 is 1.71 bits per heavy atom. The molecule has 0 saturated carbocycles. The number of benzene rings is 4. The Balaban J connectivity index is 1.43. The standard InChI is InChI=1S/C32H24N2/c1-2-9-22-17-23(15-13-20(22)7-1)34-31-19-30-27(25-11-5-6-12-29(25)33-30)18-28(31)26-16-14-21-8-3-4-10-24(21)32(26)34/h1,3-8,10-19,28,31,33H,2,9H2. The predicted octanol–water partition coefficient (Wildman–Crippen LogP) is 6.16. The van der Waals surface area contributed by atoms with E-state index in [4.69, 9.17) is 0 Å². The van der Waals surface area contributed by atoms with Gasteiger partial charge in [-0.1, -0.05) is 78.9 Å². The molecule has 0 radical (unpaired) electrons. The molecular weight excluding hydrogens is 412 g/mol. The summed E-state index contributed by atoms with van der Waals surface area (Å²) in [5.74, 6) is 0.322. The highest BCUT2D eigenvalue weighted by molar-refractivity contribution is 6.02. The zero-order valence-electron chi connectivity index (χ0n) is 18.8. The quantitative estimate of drug-likeness (QED) is 0.333. The lowest BCUT2D eigenvalue weighted by Gasteiger charge is -2.30. The second kappa shape index (κ2) is 6.74. The molecule has 5 aromatic rings. The number of aryl methyl sites for hydroxylation is 1. The second-order valence-electron chi connectivity index (χ2n) is 9.77. The molecule has 2 aliphatic carbocycles. The van der Waals surface area contributed by atoms with Gasteiger partial charge in [0.15, 0.2) is 0 Å². The first-order chi connectivity index (χ1) is 16.8. The van der Waals surface area contributed by atoms with Crippen molar-refractivity contribution in [1.29, 1.82) is 0 Å². The third-order valence-corrected chi connectivity index (χ3v) is 7.94. The van der Waals surface area contributed by atoms with Crippen molar-refractivity contribution in [3.05, 3.63) is 112 Å². The van der Waals surface area contributed by atoms with Gasteiger partial charge in [-0.15, -0.1) is 0 Å². The minimum atomic E-state index is 0.249. The molecule has 1 aliphatic heterocycles. The minimum Gasteiger partial charge on any atom is -0.355 e. The fraction of sp³-hybridized carbons (Fsp3) is 0.125. The van der Waals surface area contributed by atoms with Crippen LogP contribution >= 0.6 is 0 Å². The monoisotopic (exact) mass is 436 g/mol. The van der Waals surface area contributed by atoms with E-state index in [0.29, 0.717) is 5.92 Å². The highest BCUT2D eigenvalue weighted by Crippen LogP contribution is 2.50. The molecular formula is C32H24N2. The maximum atomic E-state index is 3.69. The van der Waals surface area contributed by atoms with Gasteiger partial charge in [0.25, 0.3) is 0 Å². The van der Waals surface area contributed by atoms with Crippen LogP contribution in [0.5, 0.6) is 0 Å². The molecule has 0 fully saturated rings. The summed E-state index contributed by atoms with van der Waals surface area (Å²) in [4.78, 5) is 6.30. The molecule has 162 valence electrons.